The molecule has 12 heavy (non-hydrogen) atoms. The fraction of sp³-hybridized carbons (Fsp3) is 1.00. The first-order valence-electron chi connectivity index (χ1n) is 4.85. The number of piperidine rings is 1. The first-order chi connectivity index (χ1) is 5.31. The maximum absolute atomic E-state index is 6.12. The summed E-state index contributed by atoms with van der Waals surface area (Å²) in [5.74, 6) is 0. The average Bonchev–Trinajstić information content (AvgIpc) is 1.83. The predicted molar refractivity (Wildman–Crippen MR) is 53.2 cm³/mol. The second kappa shape index (κ2) is 3.00. The lowest BCUT2D eigenvalue weighted by molar-refractivity contribution is 0.0714. The summed E-state index contributed by atoms with van der Waals surface area (Å²) in [6.07, 6.45) is 2.41. The quantitative estimate of drug-likeness (QED) is 0.598. The van der Waals surface area contributed by atoms with Crippen LogP contribution in [0.3, 0.4) is 0 Å². The van der Waals surface area contributed by atoms with Crippen LogP contribution >= 0.6 is 0 Å². The number of nitrogens with zero attached hydrogens (tertiary/aromatic N) is 1. The van der Waals surface area contributed by atoms with Crippen molar-refractivity contribution in [1.82, 2.24) is 4.90 Å². The summed E-state index contributed by atoms with van der Waals surface area (Å²) in [6.45, 7) is 11.2. The molecule has 1 saturated heterocycles. The van der Waals surface area contributed by atoms with Crippen LogP contribution in [0.2, 0.25) is 0 Å². The molecular weight excluding hydrogens is 148 g/mol. The highest BCUT2D eigenvalue weighted by Crippen LogP contribution is 2.24. The Morgan fingerprint density at radius 1 is 1.33 bits per heavy atom. The van der Waals surface area contributed by atoms with Gasteiger partial charge < -0.3 is 5.73 Å². The molecule has 0 radical (unpaired) electrons. The summed E-state index contributed by atoms with van der Waals surface area (Å²) < 4.78 is 0. The van der Waals surface area contributed by atoms with Gasteiger partial charge in [-0.25, -0.2) is 0 Å². The van der Waals surface area contributed by atoms with Crippen LogP contribution in [-0.2, 0) is 0 Å². The van der Waals surface area contributed by atoms with Gasteiger partial charge in [0.2, 0.25) is 0 Å². The third-order valence-corrected chi connectivity index (χ3v) is 2.68. The van der Waals surface area contributed by atoms with Crippen molar-refractivity contribution < 1.29 is 0 Å². The molecule has 0 amide bonds. The molecule has 0 unspecified atom stereocenters. The molecule has 2 nitrogen and oxygen atoms in total. The van der Waals surface area contributed by atoms with Crippen LogP contribution in [0, 0.1) is 0 Å². The summed E-state index contributed by atoms with van der Waals surface area (Å²) >= 11 is 0. The summed E-state index contributed by atoms with van der Waals surface area (Å²) in [4.78, 5) is 2.48. The van der Waals surface area contributed by atoms with Gasteiger partial charge in [0.05, 0.1) is 0 Å². The van der Waals surface area contributed by atoms with Crippen molar-refractivity contribution in [2.75, 3.05) is 13.1 Å². The number of likely N-dealkylation sites (tertiary alicyclic amines) is 1. The number of rotatable bonds is 0. The second-order valence-corrected chi connectivity index (χ2v) is 5.35. The van der Waals surface area contributed by atoms with Gasteiger partial charge in [0, 0.05) is 17.6 Å². The monoisotopic (exact) mass is 170 g/mol. The summed E-state index contributed by atoms with van der Waals surface area (Å²) in [7, 11) is 0. The summed E-state index contributed by atoms with van der Waals surface area (Å²) in [5, 5.41) is 0. The molecule has 1 aliphatic heterocycles. The molecule has 2 N–H and O–H groups in total. The Balaban J connectivity index is 2.58. The zero-order valence-electron chi connectivity index (χ0n) is 8.85. The highest BCUT2D eigenvalue weighted by Gasteiger charge is 2.32. The van der Waals surface area contributed by atoms with E-state index in [2.05, 4.69) is 32.6 Å². The zero-order chi connectivity index (χ0) is 9.41. The fourth-order valence-corrected chi connectivity index (χ4v) is 1.84. The molecule has 1 heterocycles. The van der Waals surface area contributed by atoms with E-state index < -0.39 is 0 Å². The number of hydrogen-bond donors (Lipinski definition) is 1. The minimum Gasteiger partial charge on any atom is -0.324 e. The van der Waals surface area contributed by atoms with E-state index in [1.54, 1.807) is 0 Å². The van der Waals surface area contributed by atoms with Gasteiger partial charge in [-0.05, 0) is 47.1 Å². The maximum Gasteiger partial charge on any atom is 0.0255 e. The van der Waals surface area contributed by atoms with E-state index in [0.717, 1.165) is 6.54 Å². The van der Waals surface area contributed by atoms with Crippen LogP contribution in [0.5, 0.6) is 0 Å². The van der Waals surface area contributed by atoms with Crippen LogP contribution in [0.25, 0.3) is 0 Å². The first kappa shape index (κ1) is 10.0. The van der Waals surface area contributed by atoms with E-state index in [9.17, 15) is 0 Å². The normalized spacial score (nSPS) is 33.8. The molecule has 72 valence electrons. The minimum absolute atomic E-state index is 0.0333. The Labute approximate surface area is 76.1 Å². The molecule has 1 rings (SSSR count). The molecule has 0 aromatic heterocycles. The van der Waals surface area contributed by atoms with Crippen LogP contribution in [0.15, 0.2) is 0 Å². The van der Waals surface area contributed by atoms with Gasteiger partial charge in [-0.2, -0.15) is 0 Å². The largest absolute Gasteiger partial charge is 0.324 e. The molecular formula is C10H22N2. The van der Waals surface area contributed by atoms with E-state index in [0.29, 0.717) is 0 Å². The van der Waals surface area contributed by atoms with Crippen molar-refractivity contribution in [3.05, 3.63) is 0 Å². The van der Waals surface area contributed by atoms with Gasteiger partial charge in [0.25, 0.3) is 0 Å². The second-order valence-electron chi connectivity index (χ2n) is 5.35. The first-order valence-corrected chi connectivity index (χ1v) is 4.85. The van der Waals surface area contributed by atoms with Crippen molar-refractivity contribution in [3.8, 4) is 0 Å². The van der Waals surface area contributed by atoms with Crippen molar-refractivity contribution in [2.45, 2.75) is 51.6 Å². The van der Waals surface area contributed by atoms with Crippen molar-refractivity contribution in [2.24, 2.45) is 5.73 Å². The molecule has 1 aliphatic rings. The van der Waals surface area contributed by atoms with Crippen LogP contribution < -0.4 is 5.73 Å². The van der Waals surface area contributed by atoms with E-state index in [1.807, 2.05) is 0 Å². The Morgan fingerprint density at radius 2 is 1.92 bits per heavy atom. The molecule has 1 atom stereocenters. The van der Waals surface area contributed by atoms with Crippen molar-refractivity contribution in [1.29, 1.82) is 0 Å². The Bertz CT molecular complexity index is 152. The van der Waals surface area contributed by atoms with Gasteiger partial charge in [-0.15, -0.1) is 0 Å². The Hall–Kier alpha value is -0.0800. The van der Waals surface area contributed by atoms with Gasteiger partial charge in [-0.1, -0.05) is 0 Å². The van der Waals surface area contributed by atoms with Crippen molar-refractivity contribution in [3.63, 3.8) is 0 Å². The summed E-state index contributed by atoms with van der Waals surface area (Å²) in [6, 6.07) is 0. The lowest BCUT2D eigenvalue weighted by atomic mass is 9.89. The maximum atomic E-state index is 6.12. The predicted octanol–water partition coefficient (Wildman–Crippen LogP) is 1.60. The third kappa shape index (κ3) is 2.46. The molecule has 0 aliphatic carbocycles. The topological polar surface area (TPSA) is 29.3 Å². The highest BCUT2D eigenvalue weighted by molar-refractivity contribution is 4.91. The van der Waals surface area contributed by atoms with E-state index in [-0.39, 0.29) is 11.1 Å². The highest BCUT2D eigenvalue weighted by atomic mass is 15.2. The fourth-order valence-electron chi connectivity index (χ4n) is 1.84. The lowest BCUT2D eigenvalue weighted by Crippen LogP contribution is -2.57. The molecule has 1 fully saturated rings. The van der Waals surface area contributed by atoms with Crippen LogP contribution in [0.1, 0.15) is 40.5 Å². The number of nitrogens with two attached hydrogens (primary N) is 1. The SMILES string of the molecule is CC(C)(C)N1CCC[C@@](C)(N)C1. The average molecular weight is 170 g/mol. The lowest BCUT2D eigenvalue weighted by Gasteiger charge is -2.44. The van der Waals surface area contributed by atoms with E-state index in [1.165, 1.54) is 19.4 Å². The third-order valence-electron chi connectivity index (χ3n) is 2.68. The van der Waals surface area contributed by atoms with Gasteiger partial charge in [0.15, 0.2) is 0 Å². The van der Waals surface area contributed by atoms with E-state index >= 15 is 0 Å². The molecule has 0 aromatic carbocycles. The Kier molecular flexibility index (Phi) is 2.50. The molecule has 0 spiro atoms. The molecule has 0 bridgehead atoms. The van der Waals surface area contributed by atoms with Gasteiger partial charge >= 0.3 is 0 Å². The summed E-state index contributed by atoms with van der Waals surface area (Å²) in [5.41, 5.74) is 6.44. The van der Waals surface area contributed by atoms with E-state index in [4.69, 9.17) is 5.73 Å². The zero-order valence-corrected chi connectivity index (χ0v) is 8.85. The molecule has 0 saturated carbocycles. The van der Waals surface area contributed by atoms with Crippen molar-refractivity contribution >= 4 is 0 Å². The van der Waals surface area contributed by atoms with Gasteiger partial charge in [-0.3, -0.25) is 4.90 Å². The number of hydrogen-bond acceptors (Lipinski definition) is 2. The van der Waals surface area contributed by atoms with Crippen LogP contribution in [-0.4, -0.2) is 29.1 Å². The molecule has 0 aromatic rings. The molecule has 2 heteroatoms. The minimum atomic E-state index is 0.0333. The standard InChI is InChI=1S/C10H22N2/c1-9(2,3)12-7-5-6-10(4,11)8-12/h5-8,11H2,1-4H3/t10-/m1/s1. The van der Waals surface area contributed by atoms with Crippen LogP contribution in [0.4, 0.5) is 0 Å². The Morgan fingerprint density at radius 3 is 2.25 bits per heavy atom. The van der Waals surface area contributed by atoms with Gasteiger partial charge in [0.1, 0.15) is 0 Å². The smallest absolute Gasteiger partial charge is 0.0255 e.